The van der Waals surface area contributed by atoms with E-state index in [1.807, 2.05) is 4.90 Å². The Hall–Kier alpha value is -1.50. The molecule has 0 radical (unpaired) electrons. The number of pyridine rings is 1. The van der Waals surface area contributed by atoms with Crippen molar-refractivity contribution in [3.63, 3.8) is 0 Å². The summed E-state index contributed by atoms with van der Waals surface area (Å²) in [6.45, 7) is 3.10. The van der Waals surface area contributed by atoms with Crippen molar-refractivity contribution in [1.82, 2.24) is 9.88 Å². The van der Waals surface area contributed by atoms with Crippen LogP contribution >= 0.6 is 0 Å². The average Bonchev–Trinajstić information content (AvgIpc) is 2.41. The Kier molecular flexibility index (Phi) is 4.63. The van der Waals surface area contributed by atoms with Gasteiger partial charge in [-0.1, -0.05) is 6.07 Å². The van der Waals surface area contributed by atoms with Crippen molar-refractivity contribution in [3.05, 3.63) is 24.4 Å². The van der Waals surface area contributed by atoms with Crippen LogP contribution in [0.15, 0.2) is 24.4 Å². The van der Waals surface area contributed by atoms with Crippen LogP contribution in [-0.4, -0.2) is 59.8 Å². The molecule has 98 valence electrons. The summed E-state index contributed by atoms with van der Waals surface area (Å²) in [5.41, 5.74) is 0. The van der Waals surface area contributed by atoms with E-state index in [0.29, 0.717) is 25.6 Å². The van der Waals surface area contributed by atoms with Crippen LogP contribution in [0.25, 0.3) is 0 Å². The molecule has 2 N–H and O–H groups in total. The van der Waals surface area contributed by atoms with Gasteiger partial charge in [0.05, 0.1) is 13.2 Å². The first-order valence-corrected chi connectivity index (χ1v) is 5.96. The van der Waals surface area contributed by atoms with Crippen LogP contribution in [0.1, 0.15) is 0 Å². The highest BCUT2D eigenvalue weighted by atomic mass is 16.5. The molecule has 0 saturated carbocycles. The topological polar surface area (TPSA) is 74.7 Å². The lowest BCUT2D eigenvalue weighted by Crippen LogP contribution is -2.44. The number of amides is 1. The molecule has 1 aromatic heterocycles. The number of aliphatic hydroxyl groups excluding tert-OH is 1. The normalized spacial score (nSPS) is 18.3. The van der Waals surface area contributed by atoms with Gasteiger partial charge in [-0.3, -0.25) is 9.69 Å². The summed E-state index contributed by atoms with van der Waals surface area (Å²) in [5, 5.41) is 12.4. The number of β-amino-alcohol motifs (C(OH)–C–C–N with tert-alkyl or cyclic N) is 1. The van der Waals surface area contributed by atoms with Crippen molar-refractivity contribution >= 4 is 11.7 Å². The first-order chi connectivity index (χ1) is 8.75. The standard InChI is InChI=1S/C12H17N3O3/c16-10(9-15-5-7-18-8-6-15)12(17)14-11-3-1-2-4-13-11/h1-4,10,16H,5-9H2,(H,13,14,17). The largest absolute Gasteiger partial charge is 0.382 e. The molecule has 0 aliphatic carbocycles. The van der Waals surface area contributed by atoms with Crippen LogP contribution in [0.2, 0.25) is 0 Å². The van der Waals surface area contributed by atoms with E-state index in [4.69, 9.17) is 4.74 Å². The number of ether oxygens (including phenoxy) is 1. The molecule has 1 atom stereocenters. The molecule has 18 heavy (non-hydrogen) atoms. The molecule has 6 heteroatoms. The van der Waals surface area contributed by atoms with E-state index in [1.165, 1.54) is 0 Å². The second kappa shape index (κ2) is 6.44. The van der Waals surface area contributed by atoms with Gasteiger partial charge in [0.1, 0.15) is 11.9 Å². The number of nitrogens with zero attached hydrogens (tertiary/aromatic N) is 2. The molecule has 1 aromatic rings. The van der Waals surface area contributed by atoms with E-state index in [0.717, 1.165) is 13.1 Å². The lowest BCUT2D eigenvalue weighted by Gasteiger charge is -2.28. The molecule has 0 bridgehead atoms. The second-order valence-electron chi connectivity index (χ2n) is 4.13. The molecular formula is C12H17N3O3. The fourth-order valence-corrected chi connectivity index (χ4v) is 1.76. The summed E-state index contributed by atoms with van der Waals surface area (Å²) in [6, 6.07) is 5.22. The Labute approximate surface area is 106 Å². The number of carbonyl (C=O) groups is 1. The third-order valence-electron chi connectivity index (χ3n) is 2.75. The summed E-state index contributed by atoms with van der Waals surface area (Å²) in [5.74, 6) is 0.0173. The number of rotatable bonds is 4. The predicted molar refractivity (Wildman–Crippen MR) is 66.1 cm³/mol. The summed E-state index contributed by atoms with van der Waals surface area (Å²) in [6.07, 6.45) is 0.536. The summed E-state index contributed by atoms with van der Waals surface area (Å²) >= 11 is 0. The van der Waals surface area contributed by atoms with Gasteiger partial charge >= 0.3 is 0 Å². The van der Waals surface area contributed by atoms with E-state index in [1.54, 1.807) is 24.4 Å². The van der Waals surface area contributed by atoms with Crippen LogP contribution in [-0.2, 0) is 9.53 Å². The van der Waals surface area contributed by atoms with E-state index < -0.39 is 12.0 Å². The lowest BCUT2D eigenvalue weighted by molar-refractivity contribution is -0.125. The molecule has 1 unspecified atom stereocenters. The number of carbonyl (C=O) groups excluding carboxylic acids is 1. The molecule has 6 nitrogen and oxygen atoms in total. The highest BCUT2D eigenvalue weighted by molar-refractivity contribution is 5.93. The zero-order valence-corrected chi connectivity index (χ0v) is 10.1. The number of hydrogen-bond donors (Lipinski definition) is 2. The Morgan fingerprint density at radius 2 is 2.28 bits per heavy atom. The van der Waals surface area contributed by atoms with Crippen molar-refractivity contribution in [2.24, 2.45) is 0 Å². The summed E-state index contributed by atoms with van der Waals surface area (Å²) in [4.78, 5) is 17.7. The summed E-state index contributed by atoms with van der Waals surface area (Å²) in [7, 11) is 0. The van der Waals surface area contributed by atoms with Crippen molar-refractivity contribution in [2.75, 3.05) is 38.2 Å². The zero-order valence-electron chi connectivity index (χ0n) is 10.1. The lowest BCUT2D eigenvalue weighted by atomic mass is 10.3. The van der Waals surface area contributed by atoms with Gasteiger partial charge in [0.2, 0.25) is 0 Å². The van der Waals surface area contributed by atoms with Gasteiger partial charge in [-0.25, -0.2) is 4.98 Å². The molecule has 1 saturated heterocycles. The highest BCUT2D eigenvalue weighted by Gasteiger charge is 2.20. The monoisotopic (exact) mass is 251 g/mol. The van der Waals surface area contributed by atoms with E-state index >= 15 is 0 Å². The smallest absolute Gasteiger partial charge is 0.255 e. The van der Waals surface area contributed by atoms with E-state index in [-0.39, 0.29) is 0 Å². The summed E-state index contributed by atoms with van der Waals surface area (Å²) < 4.78 is 5.20. The number of anilines is 1. The first kappa shape index (κ1) is 12.9. The molecular weight excluding hydrogens is 234 g/mol. The first-order valence-electron chi connectivity index (χ1n) is 5.96. The second-order valence-corrected chi connectivity index (χ2v) is 4.13. The molecule has 1 aliphatic rings. The Morgan fingerprint density at radius 3 is 2.94 bits per heavy atom. The fraction of sp³-hybridized carbons (Fsp3) is 0.500. The maximum atomic E-state index is 11.7. The van der Waals surface area contributed by atoms with Crippen LogP contribution in [0.4, 0.5) is 5.82 Å². The van der Waals surface area contributed by atoms with Gasteiger partial charge in [-0.2, -0.15) is 0 Å². The van der Waals surface area contributed by atoms with Crippen molar-refractivity contribution in [3.8, 4) is 0 Å². The van der Waals surface area contributed by atoms with Crippen LogP contribution < -0.4 is 5.32 Å². The van der Waals surface area contributed by atoms with Gasteiger partial charge < -0.3 is 15.2 Å². The predicted octanol–water partition coefficient (Wildman–Crippen LogP) is -0.287. The number of nitrogens with one attached hydrogen (secondary N) is 1. The molecule has 1 amide bonds. The van der Waals surface area contributed by atoms with Gasteiger partial charge in [0.25, 0.3) is 5.91 Å². The van der Waals surface area contributed by atoms with Crippen molar-refractivity contribution in [1.29, 1.82) is 0 Å². The maximum Gasteiger partial charge on any atom is 0.255 e. The number of morpholine rings is 1. The maximum absolute atomic E-state index is 11.7. The molecule has 1 fully saturated rings. The minimum Gasteiger partial charge on any atom is -0.382 e. The minimum absolute atomic E-state index is 0.321. The number of hydrogen-bond acceptors (Lipinski definition) is 5. The van der Waals surface area contributed by atoms with E-state index in [2.05, 4.69) is 10.3 Å². The van der Waals surface area contributed by atoms with Crippen LogP contribution in [0, 0.1) is 0 Å². The highest BCUT2D eigenvalue weighted by Crippen LogP contribution is 2.03. The number of aliphatic hydroxyl groups is 1. The molecule has 2 rings (SSSR count). The third-order valence-corrected chi connectivity index (χ3v) is 2.75. The van der Waals surface area contributed by atoms with Gasteiger partial charge in [0.15, 0.2) is 0 Å². The van der Waals surface area contributed by atoms with Crippen molar-refractivity contribution in [2.45, 2.75) is 6.10 Å². The SMILES string of the molecule is O=C(Nc1ccccn1)C(O)CN1CCOCC1. The quantitative estimate of drug-likeness (QED) is 0.769. The van der Waals surface area contributed by atoms with Crippen LogP contribution in [0.5, 0.6) is 0 Å². The Morgan fingerprint density at radius 1 is 1.50 bits per heavy atom. The third kappa shape index (κ3) is 3.76. The fourth-order valence-electron chi connectivity index (χ4n) is 1.76. The van der Waals surface area contributed by atoms with Gasteiger partial charge in [-0.15, -0.1) is 0 Å². The molecule has 1 aliphatic heterocycles. The number of aromatic nitrogens is 1. The van der Waals surface area contributed by atoms with Gasteiger partial charge in [-0.05, 0) is 12.1 Å². The molecule has 0 aromatic carbocycles. The average molecular weight is 251 g/mol. The molecule has 0 spiro atoms. The van der Waals surface area contributed by atoms with Crippen LogP contribution in [0.3, 0.4) is 0 Å². The van der Waals surface area contributed by atoms with Gasteiger partial charge in [0, 0.05) is 25.8 Å². The Bertz CT molecular complexity index is 379. The Balaban J connectivity index is 1.81. The van der Waals surface area contributed by atoms with E-state index in [9.17, 15) is 9.90 Å². The minimum atomic E-state index is -1.05. The zero-order chi connectivity index (χ0) is 12.8. The van der Waals surface area contributed by atoms with Crippen molar-refractivity contribution < 1.29 is 14.6 Å². The molecule has 2 heterocycles.